The van der Waals surface area contributed by atoms with Crippen molar-refractivity contribution in [3.8, 4) is 0 Å². The normalized spacial score (nSPS) is 15.5. The first-order valence-corrected chi connectivity index (χ1v) is 11.5. The van der Waals surface area contributed by atoms with Crippen molar-refractivity contribution in [1.29, 1.82) is 0 Å². The number of nitrogens with one attached hydrogen (secondary N) is 1. The molecule has 7 nitrogen and oxygen atoms in total. The lowest BCUT2D eigenvalue weighted by Crippen LogP contribution is -2.39. The Balaban J connectivity index is 1.26. The molecule has 0 radical (unpaired) electrons. The van der Waals surface area contributed by atoms with Crippen LogP contribution in [0.5, 0.6) is 0 Å². The minimum absolute atomic E-state index is 0.227. The number of fused-ring (bicyclic) bond motifs is 1. The highest BCUT2D eigenvalue weighted by Crippen LogP contribution is 2.29. The lowest BCUT2D eigenvalue weighted by atomic mass is 10.0. The Morgan fingerprint density at radius 3 is 2.29 bits per heavy atom. The second-order valence-corrected chi connectivity index (χ2v) is 8.85. The van der Waals surface area contributed by atoms with Crippen LogP contribution in [-0.2, 0) is 19.3 Å². The maximum atomic E-state index is 12.9. The third kappa shape index (κ3) is 5.37. The van der Waals surface area contributed by atoms with Gasteiger partial charge >= 0.3 is 6.18 Å². The number of alkyl halides is 3. The summed E-state index contributed by atoms with van der Waals surface area (Å²) in [6.07, 6.45) is -0.864. The molecule has 182 valence electrons. The number of hydrogen-bond acceptors (Lipinski definition) is 6. The van der Waals surface area contributed by atoms with E-state index in [0.717, 1.165) is 44.6 Å². The molecule has 3 N–H and O–H groups in total. The van der Waals surface area contributed by atoms with Gasteiger partial charge in [-0.05, 0) is 36.1 Å². The summed E-state index contributed by atoms with van der Waals surface area (Å²) in [6.45, 7) is 3.20. The zero-order valence-corrected chi connectivity index (χ0v) is 19.0. The molecule has 1 aliphatic heterocycles. The van der Waals surface area contributed by atoms with Crippen molar-refractivity contribution in [2.45, 2.75) is 38.1 Å². The molecule has 5 rings (SSSR count). The first kappa shape index (κ1) is 23.1. The van der Waals surface area contributed by atoms with E-state index in [1.54, 1.807) is 10.9 Å². The number of rotatable bonds is 6. The Bertz CT molecular complexity index is 1280. The van der Waals surface area contributed by atoms with E-state index in [0.29, 0.717) is 29.2 Å². The molecule has 0 bridgehead atoms. The average Bonchev–Trinajstić information content (AvgIpc) is 3.24. The van der Waals surface area contributed by atoms with Gasteiger partial charge in [0.2, 0.25) is 5.95 Å². The molecule has 1 fully saturated rings. The maximum Gasteiger partial charge on any atom is 0.416 e. The summed E-state index contributed by atoms with van der Waals surface area (Å²) >= 11 is 0. The van der Waals surface area contributed by atoms with Crippen LogP contribution >= 0.6 is 0 Å². The Morgan fingerprint density at radius 1 is 0.914 bits per heavy atom. The van der Waals surface area contributed by atoms with Gasteiger partial charge in [-0.25, -0.2) is 4.98 Å². The van der Waals surface area contributed by atoms with Crippen molar-refractivity contribution in [2.24, 2.45) is 0 Å². The fourth-order valence-corrected chi connectivity index (χ4v) is 4.40. The number of anilines is 2. The zero-order chi connectivity index (χ0) is 24.4. The van der Waals surface area contributed by atoms with E-state index >= 15 is 0 Å². The lowest BCUT2D eigenvalue weighted by Gasteiger charge is -2.32. The first-order chi connectivity index (χ1) is 16.8. The average molecular weight is 482 g/mol. The van der Waals surface area contributed by atoms with Crippen LogP contribution in [0.4, 0.5) is 24.9 Å². The number of nitrogens with two attached hydrogens (primary N) is 1. The number of hydrogen-bond donors (Lipinski definition) is 2. The molecule has 0 aliphatic carbocycles. The molecule has 2 aromatic heterocycles. The molecule has 0 atom stereocenters. The van der Waals surface area contributed by atoms with E-state index in [-0.39, 0.29) is 11.9 Å². The second-order valence-electron chi connectivity index (χ2n) is 8.85. The number of halogens is 3. The van der Waals surface area contributed by atoms with E-state index in [1.165, 1.54) is 17.7 Å². The molecule has 0 saturated carbocycles. The topological polar surface area (TPSA) is 84.9 Å². The van der Waals surface area contributed by atoms with Gasteiger partial charge < -0.3 is 15.6 Å². The van der Waals surface area contributed by atoms with Crippen LogP contribution in [0.1, 0.15) is 29.5 Å². The fraction of sp³-hybridized carbons (Fsp3) is 0.320. The van der Waals surface area contributed by atoms with Gasteiger partial charge in [-0.1, -0.05) is 42.5 Å². The van der Waals surface area contributed by atoms with E-state index < -0.39 is 11.7 Å². The van der Waals surface area contributed by atoms with Gasteiger partial charge in [0.1, 0.15) is 5.52 Å². The van der Waals surface area contributed by atoms with Crippen molar-refractivity contribution in [3.63, 3.8) is 0 Å². The standard InChI is InChI=1S/C25H26F3N7/c26-25(27,28)19-8-6-18(7-9-19)15-35-16-30-21-22(29)32-24(33-23(21)35)31-20-10-12-34(13-11-20)14-17-4-2-1-3-5-17/h1-9,16,20H,10-15H2,(H3,29,31,32,33). The van der Waals surface area contributed by atoms with Crippen LogP contribution in [0.3, 0.4) is 0 Å². The minimum Gasteiger partial charge on any atom is -0.382 e. The van der Waals surface area contributed by atoms with E-state index in [4.69, 9.17) is 5.73 Å². The van der Waals surface area contributed by atoms with E-state index in [1.807, 2.05) is 6.07 Å². The number of imidazole rings is 1. The molecular formula is C25H26F3N7. The van der Waals surface area contributed by atoms with Gasteiger partial charge in [0.25, 0.3) is 0 Å². The van der Waals surface area contributed by atoms with Crippen molar-refractivity contribution in [1.82, 2.24) is 24.4 Å². The zero-order valence-electron chi connectivity index (χ0n) is 19.0. The monoisotopic (exact) mass is 481 g/mol. The van der Waals surface area contributed by atoms with E-state index in [2.05, 4.69) is 49.4 Å². The highest BCUT2D eigenvalue weighted by Gasteiger charge is 2.30. The quantitative estimate of drug-likeness (QED) is 0.420. The van der Waals surface area contributed by atoms with Crippen molar-refractivity contribution < 1.29 is 13.2 Å². The number of likely N-dealkylation sites (tertiary alicyclic amines) is 1. The fourth-order valence-electron chi connectivity index (χ4n) is 4.40. The number of nitrogens with zero attached hydrogens (tertiary/aromatic N) is 5. The van der Waals surface area contributed by atoms with Crippen molar-refractivity contribution >= 4 is 22.9 Å². The van der Waals surface area contributed by atoms with Gasteiger partial charge in [-0.3, -0.25) is 4.90 Å². The van der Waals surface area contributed by atoms with Crippen LogP contribution in [-0.4, -0.2) is 43.6 Å². The highest BCUT2D eigenvalue weighted by atomic mass is 19.4. The molecule has 4 aromatic rings. The largest absolute Gasteiger partial charge is 0.416 e. The van der Waals surface area contributed by atoms with Crippen LogP contribution in [0, 0.1) is 0 Å². The van der Waals surface area contributed by atoms with E-state index in [9.17, 15) is 13.2 Å². The summed E-state index contributed by atoms with van der Waals surface area (Å²) in [4.78, 5) is 15.8. The summed E-state index contributed by atoms with van der Waals surface area (Å²) in [5, 5.41) is 3.41. The Morgan fingerprint density at radius 2 is 1.60 bits per heavy atom. The smallest absolute Gasteiger partial charge is 0.382 e. The molecule has 0 amide bonds. The lowest BCUT2D eigenvalue weighted by molar-refractivity contribution is -0.137. The molecule has 3 heterocycles. The van der Waals surface area contributed by atoms with Gasteiger partial charge in [0.05, 0.1) is 18.4 Å². The summed E-state index contributed by atoms with van der Waals surface area (Å²) < 4.78 is 40.3. The first-order valence-electron chi connectivity index (χ1n) is 11.5. The SMILES string of the molecule is Nc1nc(NC2CCN(Cc3ccccc3)CC2)nc2c1ncn2Cc1ccc(C(F)(F)F)cc1. The van der Waals surface area contributed by atoms with Gasteiger partial charge in [-0.15, -0.1) is 0 Å². The van der Waals surface area contributed by atoms with Gasteiger partial charge in [0.15, 0.2) is 11.5 Å². The molecule has 1 saturated heterocycles. The van der Waals surface area contributed by atoms with Gasteiger partial charge in [0, 0.05) is 25.7 Å². The van der Waals surface area contributed by atoms with Crippen LogP contribution < -0.4 is 11.1 Å². The number of aromatic nitrogens is 4. The molecule has 2 aromatic carbocycles. The highest BCUT2D eigenvalue weighted by molar-refractivity contribution is 5.83. The van der Waals surface area contributed by atoms with Crippen molar-refractivity contribution in [3.05, 3.63) is 77.6 Å². The predicted octanol–water partition coefficient (Wildman–Crippen LogP) is 4.55. The third-order valence-corrected chi connectivity index (χ3v) is 6.29. The molecule has 0 spiro atoms. The number of nitrogen functional groups attached to an aromatic ring is 1. The van der Waals surface area contributed by atoms with Crippen LogP contribution in [0.2, 0.25) is 0 Å². The number of piperidine rings is 1. The molecular weight excluding hydrogens is 455 g/mol. The summed E-state index contributed by atoms with van der Waals surface area (Å²) in [6, 6.07) is 15.7. The summed E-state index contributed by atoms with van der Waals surface area (Å²) in [5.41, 5.74) is 8.49. The summed E-state index contributed by atoms with van der Waals surface area (Å²) in [5.74, 6) is 0.705. The van der Waals surface area contributed by atoms with Gasteiger partial charge in [-0.2, -0.15) is 23.1 Å². The minimum atomic E-state index is -4.36. The predicted molar refractivity (Wildman–Crippen MR) is 129 cm³/mol. The Kier molecular flexibility index (Phi) is 6.29. The van der Waals surface area contributed by atoms with Crippen molar-refractivity contribution in [2.75, 3.05) is 24.1 Å². The molecule has 10 heteroatoms. The maximum absolute atomic E-state index is 12.9. The summed E-state index contributed by atoms with van der Waals surface area (Å²) in [7, 11) is 0. The molecule has 35 heavy (non-hydrogen) atoms. The van der Waals surface area contributed by atoms with Crippen LogP contribution in [0.25, 0.3) is 11.2 Å². The Labute approximate surface area is 200 Å². The number of benzene rings is 2. The van der Waals surface area contributed by atoms with Crippen LogP contribution in [0.15, 0.2) is 60.9 Å². The molecule has 0 unspecified atom stereocenters. The second kappa shape index (κ2) is 9.53. The third-order valence-electron chi connectivity index (χ3n) is 6.29. The molecule has 1 aliphatic rings. The Hall–Kier alpha value is -3.66.